The van der Waals surface area contributed by atoms with Crippen molar-refractivity contribution in [1.82, 2.24) is 14.1 Å². The van der Waals surface area contributed by atoms with Crippen LogP contribution in [-0.2, 0) is 36.5 Å². The Labute approximate surface area is 166 Å². The Hall–Kier alpha value is -1.37. The summed E-state index contributed by atoms with van der Waals surface area (Å²) in [5, 5.41) is 5.12. The molecule has 2 aromatic rings. The molecule has 0 aliphatic heterocycles. The molecule has 2 aliphatic rings. The van der Waals surface area contributed by atoms with Gasteiger partial charge in [-0.1, -0.05) is 30.5 Å². The lowest BCUT2D eigenvalue weighted by Gasteiger charge is -2.28. The van der Waals surface area contributed by atoms with Gasteiger partial charge in [-0.3, -0.25) is 4.68 Å². The van der Waals surface area contributed by atoms with Crippen molar-refractivity contribution in [3.8, 4) is 0 Å². The van der Waals surface area contributed by atoms with Gasteiger partial charge in [0.15, 0.2) is 0 Å². The zero-order chi connectivity index (χ0) is 19.2. The quantitative estimate of drug-likeness (QED) is 0.752. The van der Waals surface area contributed by atoms with Crippen molar-refractivity contribution < 1.29 is 8.42 Å². The van der Waals surface area contributed by atoms with E-state index in [1.54, 1.807) is 22.5 Å². The first kappa shape index (κ1) is 19.0. The summed E-state index contributed by atoms with van der Waals surface area (Å²) in [6, 6.07) is 5.13. The second kappa shape index (κ2) is 7.22. The van der Waals surface area contributed by atoms with E-state index in [-0.39, 0.29) is 6.04 Å². The van der Waals surface area contributed by atoms with E-state index < -0.39 is 10.0 Å². The summed E-state index contributed by atoms with van der Waals surface area (Å²) < 4.78 is 30.9. The maximum Gasteiger partial charge on any atom is 0.243 e. The number of aryl methyl sites for hydroxylation is 2. The fourth-order valence-electron chi connectivity index (χ4n) is 4.55. The van der Waals surface area contributed by atoms with Gasteiger partial charge in [0.05, 0.1) is 17.1 Å². The van der Waals surface area contributed by atoms with E-state index in [0.29, 0.717) is 16.5 Å². The molecule has 1 saturated carbocycles. The third kappa shape index (κ3) is 3.43. The molecule has 0 unspecified atom stereocenters. The van der Waals surface area contributed by atoms with Crippen LogP contribution in [0.5, 0.6) is 0 Å². The van der Waals surface area contributed by atoms with Crippen LogP contribution in [-0.4, -0.2) is 28.5 Å². The lowest BCUT2D eigenvalue weighted by Crippen LogP contribution is -2.39. The summed E-state index contributed by atoms with van der Waals surface area (Å²) in [6.45, 7) is 2.18. The van der Waals surface area contributed by atoms with E-state index >= 15 is 0 Å². The molecule has 0 saturated heterocycles. The molecule has 1 fully saturated rings. The Balaban J connectivity index is 1.75. The van der Waals surface area contributed by atoms with Gasteiger partial charge in [0, 0.05) is 23.8 Å². The van der Waals surface area contributed by atoms with E-state index in [2.05, 4.69) is 5.10 Å². The topological polar surface area (TPSA) is 55.2 Å². The van der Waals surface area contributed by atoms with Crippen molar-refractivity contribution in [3.05, 3.63) is 45.7 Å². The molecule has 7 heteroatoms. The van der Waals surface area contributed by atoms with Gasteiger partial charge in [-0.25, -0.2) is 8.42 Å². The lowest BCUT2D eigenvalue weighted by atomic mass is 10.2. The van der Waals surface area contributed by atoms with Gasteiger partial charge in [0.2, 0.25) is 10.0 Å². The number of rotatable bonds is 5. The molecule has 0 atom stereocenters. The van der Waals surface area contributed by atoms with E-state index in [1.165, 1.54) is 11.3 Å². The van der Waals surface area contributed by atoms with Gasteiger partial charge in [0.1, 0.15) is 0 Å². The van der Waals surface area contributed by atoms with Gasteiger partial charge in [-0.05, 0) is 62.3 Å². The number of nitrogens with zero attached hydrogens (tertiary/aromatic N) is 3. The van der Waals surface area contributed by atoms with E-state index in [4.69, 9.17) is 11.6 Å². The molecule has 1 aromatic heterocycles. The van der Waals surface area contributed by atoms with Crippen LogP contribution in [0.15, 0.2) is 23.1 Å². The molecule has 0 spiro atoms. The normalized spacial score (nSPS) is 17.8. The van der Waals surface area contributed by atoms with Gasteiger partial charge in [-0.15, -0.1) is 0 Å². The number of hydrogen-bond acceptors (Lipinski definition) is 3. The van der Waals surface area contributed by atoms with E-state index in [1.807, 2.05) is 18.7 Å². The van der Waals surface area contributed by atoms with Crippen molar-refractivity contribution in [3.63, 3.8) is 0 Å². The van der Waals surface area contributed by atoms with Crippen molar-refractivity contribution in [2.75, 3.05) is 0 Å². The lowest BCUT2D eigenvalue weighted by molar-refractivity contribution is 0.311. The fraction of sp³-hybridized carbons (Fsp3) is 0.550. The molecule has 0 amide bonds. The first-order chi connectivity index (χ1) is 12.9. The van der Waals surface area contributed by atoms with Gasteiger partial charge < -0.3 is 0 Å². The molecule has 1 aromatic carbocycles. The molecule has 5 nitrogen and oxygen atoms in total. The smallest absolute Gasteiger partial charge is 0.243 e. The van der Waals surface area contributed by atoms with Crippen LogP contribution >= 0.6 is 11.6 Å². The van der Waals surface area contributed by atoms with E-state index in [9.17, 15) is 8.42 Å². The van der Waals surface area contributed by atoms with Crippen LogP contribution in [0.3, 0.4) is 0 Å². The second-order valence-corrected chi connectivity index (χ2v) is 10.0. The molecule has 1 heterocycles. The monoisotopic (exact) mass is 407 g/mol. The number of fused-ring (bicyclic) bond motifs is 1. The zero-order valence-corrected chi connectivity index (χ0v) is 17.5. The first-order valence-electron chi connectivity index (χ1n) is 9.69. The molecule has 4 rings (SSSR count). The fourth-order valence-corrected chi connectivity index (χ4v) is 6.69. The Morgan fingerprint density at radius 3 is 2.70 bits per heavy atom. The maximum atomic E-state index is 13.6. The van der Waals surface area contributed by atoms with Crippen molar-refractivity contribution >= 4 is 21.6 Å². The second-order valence-electron chi connectivity index (χ2n) is 7.75. The predicted octanol–water partition coefficient (Wildman–Crippen LogP) is 4.00. The molecule has 27 heavy (non-hydrogen) atoms. The average Bonchev–Trinajstić information content (AvgIpc) is 3.35. The molecular weight excluding hydrogens is 382 g/mol. The van der Waals surface area contributed by atoms with Crippen LogP contribution in [0.2, 0.25) is 5.02 Å². The third-order valence-electron chi connectivity index (χ3n) is 5.97. The highest BCUT2D eigenvalue weighted by atomic mass is 35.5. The Kier molecular flexibility index (Phi) is 5.08. The summed E-state index contributed by atoms with van der Waals surface area (Å²) in [6.07, 6.45) is 7.12. The molecule has 0 bridgehead atoms. The third-order valence-corrected chi connectivity index (χ3v) is 8.25. The first-order valence-corrected chi connectivity index (χ1v) is 11.5. The minimum atomic E-state index is -3.64. The van der Waals surface area contributed by atoms with Crippen LogP contribution < -0.4 is 0 Å². The predicted molar refractivity (Wildman–Crippen MR) is 106 cm³/mol. The Bertz CT molecular complexity index is 962. The Morgan fingerprint density at radius 1 is 1.22 bits per heavy atom. The number of aromatic nitrogens is 2. The van der Waals surface area contributed by atoms with Gasteiger partial charge in [-0.2, -0.15) is 9.40 Å². The van der Waals surface area contributed by atoms with Crippen molar-refractivity contribution in [2.24, 2.45) is 7.05 Å². The molecule has 2 aliphatic carbocycles. The molecule has 146 valence electrons. The highest BCUT2D eigenvalue weighted by molar-refractivity contribution is 7.89. The highest BCUT2D eigenvalue weighted by Crippen LogP contribution is 2.34. The summed E-state index contributed by atoms with van der Waals surface area (Å²) in [5.41, 5.74) is 4.15. The number of hydrogen-bond donors (Lipinski definition) is 0. The maximum absolute atomic E-state index is 13.6. The summed E-state index contributed by atoms with van der Waals surface area (Å²) in [4.78, 5) is 0.314. The van der Waals surface area contributed by atoms with E-state index in [0.717, 1.165) is 56.2 Å². The summed E-state index contributed by atoms with van der Waals surface area (Å²) >= 11 is 6.13. The van der Waals surface area contributed by atoms with Crippen molar-refractivity contribution in [1.29, 1.82) is 0 Å². The summed E-state index contributed by atoms with van der Waals surface area (Å²) in [5.74, 6) is 0. The van der Waals surface area contributed by atoms with Gasteiger partial charge >= 0.3 is 0 Å². The molecular formula is C20H26ClN3O2S. The SMILES string of the molecule is Cc1ccc(Cl)cc1S(=O)(=O)N(Cc1nn(C)c2c1CCC2)C1CCCC1. The standard InChI is InChI=1S/C20H26ClN3O2S/c1-14-10-11-15(21)12-20(14)27(25,26)24(16-6-3-4-7-16)13-18-17-8-5-9-19(17)23(2)22-18/h10-12,16H,3-9,13H2,1-2H3. The molecule has 0 radical (unpaired) electrons. The minimum Gasteiger partial charge on any atom is -0.272 e. The van der Waals surface area contributed by atoms with Crippen molar-refractivity contribution in [2.45, 2.75) is 69.4 Å². The van der Waals surface area contributed by atoms with Crippen LogP contribution in [0, 0.1) is 6.92 Å². The van der Waals surface area contributed by atoms with Crippen LogP contribution in [0.1, 0.15) is 54.6 Å². The number of halogens is 1. The summed E-state index contributed by atoms with van der Waals surface area (Å²) in [7, 11) is -1.68. The number of benzene rings is 1. The zero-order valence-electron chi connectivity index (χ0n) is 15.9. The average molecular weight is 408 g/mol. The van der Waals surface area contributed by atoms with Crippen LogP contribution in [0.4, 0.5) is 0 Å². The number of sulfonamides is 1. The minimum absolute atomic E-state index is 0.0347. The van der Waals surface area contributed by atoms with Crippen LogP contribution in [0.25, 0.3) is 0 Å². The highest BCUT2D eigenvalue weighted by Gasteiger charge is 2.36. The van der Waals surface area contributed by atoms with Gasteiger partial charge in [0.25, 0.3) is 0 Å². The largest absolute Gasteiger partial charge is 0.272 e. The molecule has 0 N–H and O–H groups in total. The Morgan fingerprint density at radius 2 is 1.96 bits per heavy atom.